The lowest BCUT2D eigenvalue weighted by atomic mass is 9.26. The van der Waals surface area contributed by atoms with Gasteiger partial charge in [0.15, 0.2) is 0 Å². The van der Waals surface area contributed by atoms with E-state index in [1.54, 1.807) is 10.9 Å². The Bertz CT molecular complexity index is 1720. The van der Waals surface area contributed by atoms with Gasteiger partial charge in [-0.2, -0.15) is 0 Å². The Morgan fingerprint density at radius 2 is 1.27 bits per heavy atom. The van der Waals surface area contributed by atoms with E-state index >= 15 is 0 Å². The number of hydrogen-bond acceptors (Lipinski definition) is 0. The summed E-state index contributed by atoms with van der Waals surface area (Å²) in [6.45, 7) is 12.2. The molecule has 4 heterocycles. The summed E-state index contributed by atoms with van der Waals surface area (Å²) in [5.41, 5.74) is 16.0. The molecule has 2 heteroatoms. The van der Waals surface area contributed by atoms with Gasteiger partial charge >= 0.3 is 0 Å². The number of hydrogen-bond donors (Lipinski definition) is 0. The van der Waals surface area contributed by atoms with E-state index in [1.807, 2.05) is 0 Å². The molecular weight excluding hydrogens is 397 g/mol. The Morgan fingerprint density at radius 3 is 2.00 bits per heavy atom. The quantitative estimate of drug-likeness (QED) is 0.296. The van der Waals surface area contributed by atoms with Crippen LogP contribution in [0.2, 0.25) is 0 Å². The maximum absolute atomic E-state index is 2.59. The summed E-state index contributed by atoms with van der Waals surface area (Å²) in [7, 11) is 0. The van der Waals surface area contributed by atoms with Crippen LogP contribution in [0.4, 0.5) is 0 Å². The lowest BCUT2D eigenvalue weighted by Gasteiger charge is -2.48. The second-order valence-corrected chi connectivity index (χ2v) is 11.5. The van der Waals surface area contributed by atoms with E-state index in [4.69, 9.17) is 0 Å². The number of nitrogens with zero attached hydrogens (tertiary/aromatic N) is 1. The van der Waals surface area contributed by atoms with Crippen LogP contribution in [0.1, 0.15) is 55.5 Å². The van der Waals surface area contributed by atoms with E-state index in [0.29, 0.717) is 6.71 Å². The molecule has 0 saturated carbocycles. The summed E-state index contributed by atoms with van der Waals surface area (Å²) < 4.78 is 2.59. The fourth-order valence-electron chi connectivity index (χ4n) is 7.62. The van der Waals surface area contributed by atoms with Crippen LogP contribution in [0.15, 0.2) is 66.7 Å². The molecule has 0 bridgehead atoms. The van der Waals surface area contributed by atoms with Crippen LogP contribution in [-0.4, -0.2) is 11.3 Å². The minimum absolute atomic E-state index is 0.0221. The third-order valence-electron chi connectivity index (χ3n) is 9.11. The first kappa shape index (κ1) is 18.2. The molecule has 0 N–H and O–H groups in total. The minimum Gasteiger partial charge on any atom is -0.310 e. The Labute approximate surface area is 195 Å². The van der Waals surface area contributed by atoms with Crippen LogP contribution in [-0.2, 0) is 10.8 Å². The first-order valence-corrected chi connectivity index (χ1v) is 12.2. The van der Waals surface area contributed by atoms with Crippen molar-refractivity contribution in [2.45, 2.75) is 45.4 Å². The van der Waals surface area contributed by atoms with Crippen LogP contribution in [0, 0.1) is 6.92 Å². The van der Waals surface area contributed by atoms with Crippen molar-refractivity contribution in [2.24, 2.45) is 0 Å². The van der Waals surface area contributed by atoms with Crippen LogP contribution in [0.25, 0.3) is 27.5 Å². The van der Waals surface area contributed by atoms with Crippen molar-refractivity contribution in [1.29, 1.82) is 0 Å². The third-order valence-corrected chi connectivity index (χ3v) is 9.11. The first-order chi connectivity index (χ1) is 15.8. The molecule has 8 rings (SSSR count). The van der Waals surface area contributed by atoms with Gasteiger partial charge in [-0.15, -0.1) is 0 Å². The highest BCUT2D eigenvalue weighted by molar-refractivity contribution is 7.00. The van der Waals surface area contributed by atoms with Gasteiger partial charge in [0.1, 0.15) is 0 Å². The van der Waals surface area contributed by atoms with Crippen molar-refractivity contribution in [3.63, 3.8) is 0 Å². The summed E-state index contributed by atoms with van der Waals surface area (Å²) in [6.07, 6.45) is 0. The average molecular weight is 423 g/mol. The molecule has 158 valence electrons. The standard InChI is InChI=1S/C31H26BN/c1-17-12-15-24-19(16-17)18-13-14-23-28-29(18)33(24)25-11-7-10-22-27(25)32(28)26-20(30(22,2)3)8-6-9-21(26)31(23,4)5/h6-16H,1-5H3. The fourth-order valence-corrected chi connectivity index (χ4v) is 7.62. The zero-order chi connectivity index (χ0) is 22.4. The Hall–Kier alpha value is -3.26. The predicted molar refractivity (Wildman–Crippen MR) is 141 cm³/mol. The van der Waals surface area contributed by atoms with Gasteiger partial charge in [0.2, 0.25) is 6.71 Å². The molecule has 3 aliphatic heterocycles. The molecule has 1 nitrogen and oxygen atoms in total. The highest BCUT2D eigenvalue weighted by Gasteiger charge is 2.51. The molecule has 3 aliphatic rings. The second-order valence-electron chi connectivity index (χ2n) is 11.5. The minimum atomic E-state index is -0.0254. The molecule has 5 aromatic rings. The molecule has 0 atom stereocenters. The van der Waals surface area contributed by atoms with Gasteiger partial charge in [0, 0.05) is 32.8 Å². The van der Waals surface area contributed by atoms with E-state index in [2.05, 4.69) is 106 Å². The molecule has 0 spiro atoms. The van der Waals surface area contributed by atoms with Gasteiger partial charge in [0.25, 0.3) is 0 Å². The van der Waals surface area contributed by atoms with E-state index in [1.165, 1.54) is 60.8 Å². The largest absolute Gasteiger partial charge is 0.310 e. The summed E-state index contributed by atoms with van der Waals surface area (Å²) in [4.78, 5) is 0. The summed E-state index contributed by atoms with van der Waals surface area (Å²) in [6, 6.07) is 25.9. The highest BCUT2D eigenvalue weighted by atomic mass is 15.0. The van der Waals surface area contributed by atoms with E-state index in [-0.39, 0.29) is 10.8 Å². The molecule has 0 aliphatic carbocycles. The average Bonchev–Trinajstić information content (AvgIpc) is 3.12. The van der Waals surface area contributed by atoms with Crippen molar-refractivity contribution in [3.05, 3.63) is 94.5 Å². The molecular formula is C31H26BN. The van der Waals surface area contributed by atoms with Gasteiger partial charge < -0.3 is 4.57 Å². The lowest BCUT2D eigenvalue weighted by Crippen LogP contribution is -2.68. The van der Waals surface area contributed by atoms with E-state index in [9.17, 15) is 0 Å². The Kier molecular flexibility index (Phi) is 2.91. The Morgan fingerprint density at radius 1 is 0.636 bits per heavy atom. The smallest absolute Gasteiger partial charge is 0.248 e. The van der Waals surface area contributed by atoms with Crippen LogP contribution < -0.4 is 16.4 Å². The zero-order valence-electron chi connectivity index (χ0n) is 19.9. The zero-order valence-corrected chi connectivity index (χ0v) is 19.9. The van der Waals surface area contributed by atoms with Crippen LogP contribution in [0.5, 0.6) is 0 Å². The molecule has 0 fully saturated rings. The van der Waals surface area contributed by atoms with Crippen molar-refractivity contribution >= 4 is 44.9 Å². The Balaban J connectivity index is 1.71. The molecule has 0 amide bonds. The molecule has 1 aromatic heterocycles. The van der Waals surface area contributed by atoms with Crippen LogP contribution in [0.3, 0.4) is 0 Å². The summed E-state index contributed by atoms with van der Waals surface area (Å²) in [5, 5.41) is 2.77. The van der Waals surface area contributed by atoms with Crippen molar-refractivity contribution in [1.82, 2.24) is 4.57 Å². The predicted octanol–water partition coefficient (Wildman–Crippen LogP) is 5.20. The van der Waals surface area contributed by atoms with Crippen molar-refractivity contribution in [2.75, 3.05) is 0 Å². The fraction of sp³-hybridized carbons (Fsp3) is 0.226. The number of rotatable bonds is 0. The molecule has 4 aromatic carbocycles. The van der Waals surface area contributed by atoms with E-state index < -0.39 is 0 Å². The van der Waals surface area contributed by atoms with Crippen LogP contribution >= 0.6 is 0 Å². The van der Waals surface area contributed by atoms with Crippen molar-refractivity contribution < 1.29 is 0 Å². The van der Waals surface area contributed by atoms with Gasteiger partial charge in [-0.1, -0.05) is 87.3 Å². The van der Waals surface area contributed by atoms with Crippen molar-refractivity contribution in [3.8, 4) is 5.69 Å². The number of aryl methyl sites for hydroxylation is 1. The summed E-state index contributed by atoms with van der Waals surface area (Å²) >= 11 is 0. The van der Waals surface area contributed by atoms with Gasteiger partial charge in [-0.3, -0.25) is 0 Å². The number of benzene rings is 4. The lowest BCUT2D eigenvalue weighted by molar-refractivity contribution is 0.621. The third kappa shape index (κ3) is 1.80. The normalized spacial score (nSPS) is 17.7. The molecule has 0 radical (unpaired) electrons. The van der Waals surface area contributed by atoms with Gasteiger partial charge in [-0.25, -0.2) is 0 Å². The number of aromatic nitrogens is 1. The van der Waals surface area contributed by atoms with E-state index in [0.717, 1.165) is 0 Å². The SMILES string of the molecule is Cc1ccc2c(c1)c1ccc3c4c1n2-c1cccc2c1B4c1c(cccc1C3(C)C)C2(C)C. The molecule has 33 heavy (non-hydrogen) atoms. The van der Waals surface area contributed by atoms with Gasteiger partial charge in [0.05, 0.1) is 5.52 Å². The molecule has 0 unspecified atom stereocenters. The topological polar surface area (TPSA) is 4.93 Å². The maximum atomic E-state index is 2.59. The first-order valence-electron chi connectivity index (χ1n) is 12.2. The molecule has 0 saturated heterocycles. The highest BCUT2D eigenvalue weighted by Crippen LogP contribution is 2.45. The second kappa shape index (κ2) is 5.28. The number of fused-ring (bicyclic) bond motifs is 4. The van der Waals surface area contributed by atoms with Gasteiger partial charge in [-0.05, 0) is 58.3 Å². The summed E-state index contributed by atoms with van der Waals surface area (Å²) in [5.74, 6) is 0. The monoisotopic (exact) mass is 423 g/mol. The maximum Gasteiger partial charge on any atom is 0.248 e.